The number of rotatable bonds is 11. The number of halogens is 1. The number of morpholine rings is 1. The van der Waals surface area contributed by atoms with Crippen LogP contribution in [0.25, 0.3) is 0 Å². The van der Waals surface area contributed by atoms with Crippen LogP contribution in [0.5, 0.6) is 0 Å². The van der Waals surface area contributed by atoms with Crippen LogP contribution in [-0.2, 0) is 27.3 Å². The molecule has 0 unspecified atom stereocenters. The molecule has 33 heavy (non-hydrogen) atoms. The highest BCUT2D eigenvalue weighted by molar-refractivity contribution is 5.88. The van der Waals surface area contributed by atoms with Crippen LogP contribution in [0.15, 0.2) is 54.6 Å². The van der Waals surface area contributed by atoms with Crippen LogP contribution in [0.2, 0.25) is 0 Å². The van der Waals surface area contributed by atoms with E-state index in [9.17, 15) is 14.0 Å². The van der Waals surface area contributed by atoms with Gasteiger partial charge in [0.05, 0.1) is 13.2 Å². The quantitative estimate of drug-likeness (QED) is 0.566. The Labute approximate surface area is 195 Å². The molecule has 2 amide bonds. The van der Waals surface area contributed by atoms with Crippen LogP contribution in [0.4, 0.5) is 4.39 Å². The van der Waals surface area contributed by atoms with Crippen molar-refractivity contribution < 1.29 is 18.7 Å². The molecule has 1 aliphatic heterocycles. The molecule has 1 aliphatic rings. The number of benzene rings is 2. The van der Waals surface area contributed by atoms with E-state index in [0.29, 0.717) is 39.0 Å². The highest BCUT2D eigenvalue weighted by Gasteiger charge is 2.30. The van der Waals surface area contributed by atoms with Crippen molar-refractivity contribution in [1.29, 1.82) is 0 Å². The predicted molar refractivity (Wildman–Crippen MR) is 126 cm³/mol. The zero-order valence-electron chi connectivity index (χ0n) is 19.3. The Morgan fingerprint density at radius 3 is 2.42 bits per heavy atom. The lowest BCUT2D eigenvalue weighted by Gasteiger charge is -2.32. The van der Waals surface area contributed by atoms with Gasteiger partial charge in [0.2, 0.25) is 11.8 Å². The standard InChI is InChI=1S/C26H34FN3O3/c1-2-6-25(31)30(20-22-9-11-23(27)12-10-22)24(19-21-7-4-3-5-8-21)26(32)28-13-14-29-15-17-33-18-16-29/h3-5,7-12,24H,2,6,13-20H2,1H3,(H,28,32)/t24-/m0/s1. The molecule has 2 aromatic carbocycles. The van der Waals surface area contributed by atoms with Crippen molar-refractivity contribution in [1.82, 2.24) is 15.1 Å². The normalized spacial score (nSPS) is 15.1. The number of carbonyl (C=O) groups excluding carboxylic acids is 2. The molecule has 0 saturated carbocycles. The summed E-state index contributed by atoms with van der Waals surface area (Å²) in [6, 6.07) is 15.2. The van der Waals surface area contributed by atoms with Crippen LogP contribution < -0.4 is 5.32 Å². The van der Waals surface area contributed by atoms with Crippen LogP contribution in [0.3, 0.4) is 0 Å². The molecule has 6 nitrogen and oxygen atoms in total. The molecule has 178 valence electrons. The second kappa shape index (κ2) is 13.1. The smallest absolute Gasteiger partial charge is 0.243 e. The second-order valence-electron chi connectivity index (χ2n) is 8.35. The van der Waals surface area contributed by atoms with Gasteiger partial charge in [0.15, 0.2) is 0 Å². The van der Waals surface area contributed by atoms with E-state index >= 15 is 0 Å². The van der Waals surface area contributed by atoms with Gasteiger partial charge in [-0.2, -0.15) is 0 Å². The molecular weight excluding hydrogens is 421 g/mol. The maximum atomic E-state index is 13.4. The van der Waals surface area contributed by atoms with Crippen LogP contribution >= 0.6 is 0 Å². The van der Waals surface area contributed by atoms with E-state index < -0.39 is 6.04 Å². The summed E-state index contributed by atoms with van der Waals surface area (Å²) in [5.41, 5.74) is 1.78. The van der Waals surface area contributed by atoms with Crippen LogP contribution in [0.1, 0.15) is 30.9 Å². The van der Waals surface area contributed by atoms with Gasteiger partial charge >= 0.3 is 0 Å². The zero-order chi connectivity index (χ0) is 23.5. The number of hydrogen-bond acceptors (Lipinski definition) is 4. The van der Waals surface area contributed by atoms with Gasteiger partial charge in [-0.05, 0) is 29.7 Å². The lowest BCUT2D eigenvalue weighted by molar-refractivity contribution is -0.141. The van der Waals surface area contributed by atoms with Gasteiger partial charge in [0.25, 0.3) is 0 Å². The first-order chi connectivity index (χ1) is 16.1. The highest BCUT2D eigenvalue weighted by Crippen LogP contribution is 2.16. The fraction of sp³-hybridized carbons (Fsp3) is 0.462. The second-order valence-corrected chi connectivity index (χ2v) is 8.35. The molecule has 0 aliphatic carbocycles. The van der Waals surface area contributed by atoms with Crippen molar-refractivity contribution in [2.75, 3.05) is 39.4 Å². The van der Waals surface area contributed by atoms with Crippen molar-refractivity contribution in [2.24, 2.45) is 0 Å². The Morgan fingerprint density at radius 2 is 1.76 bits per heavy atom. The molecular formula is C26H34FN3O3. The molecule has 7 heteroatoms. The average molecular weight is 456 g/mol. The maximum absolute atomic E-state index is 13.4. The molecule has 1 saturated heterocycles. The van der Waals surface area contributed by atoms with E-state index in [0.717, 1.165) is 30.8 Å². The molecule has 0 spiro atoms. The van der Waals surface area contributed by atoms with E-state index in [4.69, 9.17) is 4.74 Å². The number of nitrogens with one attached hydrogen (secondary N) is 1. The molecule has 0 bridgehead atoms. The average Bonchev–Trinajstić information content (AvgIpc) is 2.84. The predicted octanol–water partition coefficient (Wildman–Crippen LogP) is 3.01. The number of amides is 2. The third-order valence-corrected chi connectivity index (χ3v) is 5.83. The van der Waals surface area contributed by atoms with Crippen molar-refractivity contribution >= 4 is 11.8 Å². The molecule has 0 radical (unpaired) electrons. The van der Waals surface area contributed by atoms with Gasteiger partial charge in [-0.15, -0.1) is 0 Å². The number of nitrogens with zero attached hydrogens (tertiary/aromatic N) is 2. The molecule has 1 fully saturated rings. The van der Waals surface area contributed by atoms with E-state index in [1.807, 2.05) is 37.3 Å². The summed E-state index contributed by atoms with van der Waals surface area (Å²) in [6.45, 7) is 6.59. The van der Waals surface area contributed by atoms with Gasteiger partial charge in [-0.3, -0.25) is 14.5 Å². The summed E-state index contributed by atoms with van der Waals surface area (Å²) in [7, 11) is 0. The minimum absolute atomic E-state index is 0.0777. The molecule has 3 rings (SSSR count). The van der Waals surface area contributed by atoms with Gasteiger partial charge < -0.3 is 15.0 Å². The lowest BCUT2D eigenvalue weighted by Crippen LogP contribution is -2.51. The van der Waals surface area contributed by atoms with Crippen LogP contribution in [0, 0.1) is 5.82 Å². The molecule has 1 N–H and O–H groups in total. The van der Waals surface area contributed by atoms with Crippen molar-refractivity contribution in [2.45, 2.75) is 38.8 Å². The Bertz CT molecular complexity index is 870. The van der Waals surface area contributed by atoms with Crippen molar-refractivity contribution in [3.8, 4) is 0 Å². The van der Waals surface area contributed by atoms with E-state index in [1.54, 1.807) is 17.0 Å². The highest BCUT2D eigenvalue weighted by atomic mass is 19.1. The SMILES string of the molecule is CCCC(=O)N(Cc1ccc(F)cc1)[C@@H](Cc1ccccc1)C(=O)NCCN1CCOCC1. The topological polar surface area (TPSA) is 61.9 Å². The molecule has 1 atom stereocenters. The fourth-order valence-corrected chi connectivity index (χ4v) is 3.98. The van der Waals surface area contributed by atoms with Gasteiger partial charge in [0, 0.05) is 45.6 Å². The Kier molecular flexibility index (Phi) is 9.84. The third kappa shape index (κ3) is 7.94. The largest absolute Gasteiger partial charge is 0.379 e. The molecule has 0 aromatic heterocycles. The summed E-state index contributed by atoms with van der Waals surface area (Å²) in [4.78, 5) is 30.4. The first-order valence-corrected chi connectivity index (χ1v) is 11.7. The minimum atomic E-state index is -0.652. The van der Waals surface area contributed by atoms with Crippen LogP contribution in [-0.4, -0.2) is 67.0 Å². The summed E-state index contributed by atoms with van der Waals surface area (Å²) in [6.07, 6.45) is 1.46. The fourth-order valence-electron chi connectivity index (χ4n) is 3.98. The van der Waals surface area contributed by atoms with Crippen molar-refractivity contribution in [3.63, 3.8) is 0 Å². The van der Waals surface area contributed by atoms with E-state index in [2.05, 4.69) is 10.2 Å². The Morgan fingerprint density at radius 1 is 1.06 bits per heavy atom. The molecule has 1 heterocycles. The maximum Gasteiger partial charge on any atom is 0.243 e. The first kappa shape index (κ1) is 24.9. The first-order valence-electron chi connectivity index (χ1n) is 11.7. The summed E-state index contributed by atoms with van der Waals surface area (Å²) >= 11 is 0. The van der Waals surface area contributed by atoms with Crippen molar-refractivity contribution in [3.05, 3.63) is 71.5 Å². The Balaban J connectivity index is 1.77. The monoisotopic (exact) mass is 455 g/mol. The van der Waals surface area contributed by atoms with Gasteiger partial charge in [-0.25, -0.2) is 4.39 Å². The van der Waals surface area contributed by atoms with Gasteiger partial charge in [0.1, 0.15) is 11.9 Å². The minimum Gasteiger partial charge on any atom is -0.379 e. The summed E-state index contributed by atoms with van der Waals surface area (Å²) in [5.74, 6) is -0.573. The zero-order valence-corrected chi connectivity index (χ0v) is 19.3. The van der Waals surface area contributed by atoms with E-state index in [1.165, 1.54) is 12.1 Å². The third-order valence-electron chi connectivity index (χ3n) is 5.83. The van der Waals surface area contributed by atoms with Gasteiger partial charge in [-0.1, -0.05) is 49.4 Å². The number of hydrogen-bond donors (Lipinski definition) is 1. The number of carbonyl (C=O) groups is 2. The summed E-state index contributed by atoms with van der Waals surface area (Å²) < 4.78 is 18.8. The Hall–Kier alpha value is -2.77. The molecule has 2 aromatic rings. The van der Waals surface area contributed by atoms with E-state index in [-0.39, 0.29) is 24.2 Å². The number of ether oxygens (including phenoxy) is 1. The lowest BCUT2D eigenvalue weighted by atomic mass is 10.0. The summed E-state index contributed by atoms with van der Waals surface area (Å²) in [5, 5.41) is 3.05.